The molecule has 1 unspecified atom stereocenters. The molecule has 136 valence electrons. The lowest BCUT2D eigenvalue weighted by atomic mass is 10.0. The molecule has 0 spiro atoms. The highest BCUT2D eigenvalue weighted by Gasteiger charge is 2.24. The van der Waals surface area contributed by atoms with E-state index in [1.54, 1.807) is 18.2 Å². The van der Waals surface area contributed by atoms with Crippen molar-refractivity contribution in [3.05, 3.63) is 53.1 Å². The molecule has 0 aliphatic heterocycles. The molecular formula is C21H20N4O2. The first-order valence-electron chi connectivity index (χ1n) is 8.99. The van der Waals surface area contributed by atoms with E-state index in [0.717, 1.165) is 24.0 Å². The quantitative estimate of drug-likeness (QED) is 0.755. The molecular weight excluding hydrogens is 340 g/mol. The first-order valence-corrected chi connectivity index (χ1v) is 8.99. The van der Waals surface area contributed by atoms with Gasteiger partial charge < -0.3 is 15.0 Å². The molecule has 1 aliphatic rings. The molecule has 6 heteroatoms. The standard InChI is InChI=1S/C21H20N4O2/c1-12(2)26-19-9-6-13(11-22)10-17(19)21-24-20(25-27-21)16-5-3-4-15-14(16)7-8-18(15)23/h3-6,9-10,12,18H,7-8,23H2,1-2H3. The maximum Gasteiger partial charge on any atom is 0.262 e. The Morgan fingerprint density at radius 1 is 1.26 bits per heavy atom. The second kappa shape index (κ2) is 6.86. The van der Waals surface area contributed by atoms with Crippen molar-refractivity contribution < 1.29 is 9.26 Å². The van der Waals surface area contributed by atoms with Gasteiger partial charge in [0.05, 0.1) is 23.3 Å². The van der Waals surface area contributed by atoms with Gasteiger partial charge in [-0.15, -0.1) is 0 Å². The van der Waals surface area contributed by atoms with Crippen molar-refractivity contribution in [3.8, 4) is 34.7 Å². The van der Waals surface area contributed by atoms with Crippen LogP contribution in [0.1, 0.15) is 43.0 Å². The Morgan fingerprint density at radius 3 is 2.89 bits per heavy atom. The first-order chi connectivity index (χ1) is 13.1. The molecule has 1 aliphatic carbocycles. The Bertz CT molecular complexity index is 1030. The maximum atomic E-state index is 9.23. The largest absolute Gasteiger partial charge is 0.490 e. The topological polar surface area (TPSA) is 98.0 Å². The molecule has 6 nitrogen and oxygen atoms in total. The van der Waals surface area contributed by atoms with Crippen LogP contribution in [0, 0.1) is 11.3 Å². The van der Waals surface area contributed by atoms with E-state index >= 15 is 0 Å². The molecule has 0 bridgehead atoms. The van der Waals surface area contributed by atoms with E-state index in [1.165, 1.54) is 5.56 Å². The number of hydrogen-bond donors (Lipinski definition) is 1. The Morgan fingerprint density at radius 2 is 2.11 bits per heavy atom. The number of ether oxygens (including phenoxy) is 1. The van der Waals surface area contributed by atoms with E-state index in [-0.39, 0.29) is 12.1 Å². The molecule has 4 rings (SSSR count). The second-order valence-corrected chi connectivity index (χ2v) is 6.93. The molecule has 1 heterocycles. The van der Waals surface area contributed by atoms with E-state index < -0.39 is 0 Å². The summed E-state index contributed by atoms with van der Waals surface area (Å²) >= 11 is 0. The van der Waals surface area contributed by atoms with E-state index in [2.05, 4.69) is 22.3 Å². The number of rotatable bonds is 4. The lowest BCUT2D eigenvalue weighted by Gasteiger charge is -2.12. The molecule has 3 aromatic rings. The maximum absolute atomic E-state index is 9.23. The molecule has 27 heavy (non-hydrogen) atoms. The summed E-state index contributed by atoms with van der Waals surface area (Å²) in [5.41, 5.74) is 10.6. The van der Waals surface area contributed by atoms with Gasteiger partial charge >= 0.3 is 0 Å². The van der Waals surface area contributed by atoms with E-state index in [4.69, 9.17) is 15.0 Å². The van der Waals surface area contributed by atoms with Crippen molar-refractivity contribution in [2.75, 3.05) is 0 Å². The van der Waals surface area contributed by atoms with Crippen LogP contribution < -0.4 is 10.5 Å². The Hall–Kier alpha value is -3.17. The third-order valence-corrected chi connectivity index (χ3v) is 4.69. The number of hydrogen-bond acceptors (Lipinski definition) is 6. The summed E-state index contributed by atoms with van der Waals surface area (Å²) in [6.07, 6.45) is 1.81. The summed E-state index contributed by atoms with van der Waals surface area (Å²) in [7, 11) is 0. The highest BCUT2D eigenvalue weighted by Crippen LogP contribution is 2.37. The van der Waals surface area contributed by atoms with Crippen LogP contribution in [0.25, 0.3) is 22.8 Å². The van der Waals surface area contributed by atoms with Crippen molar-refractivity contribution in [2.45, 2.75) is 38.8 Å². The number of fused-ring (bicyclic) bond motifs is 1. The van der Waals surface area contributed by atoms with Gasteiger partial charge in [0.2, 0.25) is 5.82 Å². The fourth-order valence-corrected chi connectivity index (χ4v) is 3.46. The SMILES string of the molecule is CC(C)Oc1ccc(C#N)cc1-c1nc(-c2cccc3c2CCC3N)no1. The summed E-state index contributed by atoms with van der Waals surface area (Å²) in [6, 6.07) is 13.4. The predicted molar refractivity (Wildman–Crippen MR) is 101 cm³/mol. The van der Waals surface area contributed by atoms with Gasteiger partial charge in [-0.1, -0.05) is 23.4 Å². The van der Waals surface area contributed by atoms with Crippen LogP contribution in [-0.4, -0.2) is 16.2 Å². The third kappa shape index (κ3) is 3.18. The van der Waals surface area contributed by atoms with E-state index in [1.807, 2.05) is 26.0 Å². The van der Waals surface area contributed by atoms with Crippen LogP contribution in [0.3, 0.4) is 0 Å². The minimum atomic E-state index is -0.0158. The predicted octanol–water partition coefficient (Wildman–Crippen LogP) is 4.01. The number of nitrogens with two attached hydrogens (primary N) is 1. The molecule has 0 fully saturated rings. The molecule has 0 amide bonds. The fourth-order valence-electron chi connectivity index (χ4n) is 3.46. The highest BCUT2D eigenvalue weighted by atomic mass is 16.5. The molecule has 0 saturated carbocycles. The summed E-state index contributed by atoms with van der Waals surface area (Å²) in [5, 5.41) is 13.4. The lowest BCUT2D eigenvalue weighted by Crippen LogP contribution is -2.06. The van der Waals surface area contributed by atoms with E-state index in [0.29, 0.717) is 28.6 Å². The summed E-state index contributed by atoms with van der Waals surface area (Å²) in [6.45, 7) is 3.88. The smallest absolute Gasteiger partial charge is 0.262 e. The van der Waals surface area contributed by atoms with Gasteiger partial charge in [0.25, 0.3) is 5.89 Å². The monoisotopic (exact) mass is 360 g/mol. The number of nitrogens with zero attached hydrogens (tertiary/aromatic N) is 3. The highest BCUT2D eigenvalue weighted by molar-refractivity contribution is 5.69. The Balaban J connectivity index is 1.77. The van der Waals surface area contributed by atoms with Crippen molar-refractivity contribution in [3.63, 3.8) is 0 Å². The van der Waals surface area contributed by atoms with Gasteiger partial charge in [0, 0.05) is 11.6 Å². The zero-order chi connectivity index (χ0) is 19.0. The van der Waals surface area contributed by atoms with Gasteiger partial charge in [-0.3, -0.25) is 0 Å². The lowest BCUT2D eigenvalue weighted by molar-refractivity contribution is 0.242. The molecule has 2 N–H and O–H groups in total. The van der Waals surface area contributed by atoms with Crippen molar-refractivity contribution in [1.29, 1.82) is 5.26 Å². The minimum Gasteiger partial charge on any atom is -0.490 e. The van der Waals surface area contributed by atoms with Gasteiger partial charge in [0.1, 0.15) is 5.75 Å². The van der Waals surface area contributed by atoms with Crippen LogP contribution in [0.2, 0.25) is 0 Å². The summed E-state index contributed by atoms with van der Waals surface area (Å²) in [5.74, 6) is 1.46. The Kier molecular flexibility index (Phi) is 4.38. The van der Waals surface area contributed by atoms with Crippen LogP contribution in [0.4, 0.5) is 0 Å². The average molecular weight is 360 g/mol. The second-order valence-electron chi connectivity index (χ2n) is 6.93. The zero-order valence-electron chi connectivity index (χ0n) is 15.3. The van der Waals surface area contributed by atoms with Gasteiger partial charge in [-0.05, 0) is 56.0 Å². The molecule has 2 aromatic carbocycles. The molecule has 1 atom stereocenters. The van der Waals surface area contributed by atoms with Crippen LogP contribution in [0.5, 0.6) is 5.75 Å². The number of aromatic nitrogens is 2. The summed E-state index contributed by atoms with van der Waals surface area (Å²) in [4.78, 5) is 4.59. The first kappa shape index (κ1) is 17.3. The van der Waals surface area contributed by atoms with Gasteiger partial charge in [0.15, 0.2) is 0 Å². The van der Waals surface area contributed by atoms with Crippen molar-refractivity contribution in [1.82, 2.24) is 10.1 Å². The van der Waals surface area contributed by atoms with Crippen molar-refractivity contribution >= 4 is 0 Å². The third-order valence-electron chi connectivity index (χ3n) is 4.69. The minimum absolute atomic E-state index is 0.0158. The normalized spacial score (nSPS) is 15.6. The molecule has 0 radical (unpaired) electrons. The molecule has 0 saturated heterocycles. The summed E-state index contributed by atoms with van der Waals surface area (Å²) < 4.78 is 11.4. The Labute approximate surface area is 157 Å². The van der Waals surface area contributed by atoms with E-state index in [9.17, 15) is 5.26 Å². The molecule has 1 aromatic heterocycles. The number of benzene rings is 2. The average Bonchev–Trinajstić information content (AvgIpc) is 3.29. The zero-order valence-corrected chi connectivity index (χ0v) is 15.3. The fraction of sp³-hybridized carbons (Fsp3) is 0.286. The number of nitriles is 1. The van der Waals surface area contributed by atoms with Gasteiger partial charge in [-0.2, -0.15) is 10.2 Å². The van der Waals surface area contributed by atoms with Crippen LogP contribution >= 0.6 is 0 Å². The van der Waals surface area contributed by atoms with Gasteiger partial charge in [-0.25, -0.2) is 0 Å². The van der Waals surface area contributed by atoms with Crippen LogP contribution in [0.15, 0.2) is 40.9 Å². The van der Waals surface area contributed by atoms with Crippen LogP contribution in [-0.2, 0) is 6.42 Å². The van der Waals surface area contributed by atoms with Crippen molar-refractivity contribution in [2.24, 2.45) is 5.73 Å².